The SMILES string of the molecule is COc1ccccc1C(=O)NCc1ccnc(OC2CCCC2)c1. The van der Waals surface area contributed by atoms with Gasteiger partial charge in [-0.05, 0) is 49.4 Å². The van der Waals surface area contributed by atoms with Gasteiger partial charge < -0.3 is 14.8 Å². The van der Waals surface area contributed by atoms with Crippen molar-refractivity contribution in [2.24, 2.45) is 0 Å². The molecule has 0 radical (unpaired) electrons. The van der Waals surface area contributed by atoms with Crippen LogP contribution in [0, 0.1) is 0 Å². The Morgan fingerprint density at radius 1 is 1.25 bits per heavy atom. The van der Waals surface area contributed by atoms with Crippen molar-refractivity contribution in [1.29, 1.82) is 0 Å². The average Bonchev–Trinajstić information content (AvgIpc) is 3.13. The molecule has 0 bridgehead atoms. The summed E-state index contributed by atoms with van der Waals surface area (Å²) in [6, 6.07) is 10.9. The van der Waals surface area contributed by atoms with Gasteiger partial charge in [-0.2, -0.15) is 0 Å². The fourth-order valence-electron chi connectivity index (χ4n) is 2.91. The lowest BCUT2D eigenvalue weighted by atomic mass is 10.2. The van der Waals surface area contributed by atoms with Crippen molar-refractivity contribution in [3.05, 3.63) is 53.7 Å². The van der Waals surface area contributed by atoms with Crippen molar-refractivity contribution in [1.82, 2.24) is 10.3 Å². The lowest BCUT2D eigenvalue weighted by Gasteiger charge is -2.13. The maximum Gasteiger partial charge on any atom is 0.255 e. The van der Waals surface area contributed by atoms with E-state index >= 15 is 0 Å². The summed E-state index contributed by atoms with van der Waals surface area (Å²) >= 11 is 0. The first-order valence-corrected chi connectivity index (χ1v) is 8.29. The van der Waals surface area contributed by atoms with Crippen molar-refractivity contribution in [3.8, 4) is 11.6 Å². The third-order valence-electron chi connectivity index (χ3n) is 4.19. The molecule has 126 valence electrons. The first kappa shape index (κ1) is 16.3. The lowest BCUT2D eigenvalue weighted by Crippen LogP contribution is -2.23. The number of hydrogen-bond acceptors (Lipinski definition) is 4. The van der Waals surface area contributed by atoms with Gasteiger partial charge in [-0.3, -0.25) is 4.79 Å². The molecule has 1 heterocycles. The van der Waals surface area contributed by atoms with Crippen LogP contribution in [-0.4, -0.2) is 24.1 Å². The number of aromatic nitrogens is 1. The summed E-state index contributed by atoms with van der Waals surface area (Å²) in [5, 5.41) is 2.91. The second kappa shape index (κ2) is 7.81. The van der Waals surface area contributed by atoms with Crippen molar-refractivity contribution in [3.63, 3.8) is 0 Å². The van der Waals surface area contributed by atoms with Crippen LogP contribution in [0.15, 0.2) is 42.6 Å². The summed E-state index contributed by atoms with van der Waals surface area (Å²) in [5.41, 5.74) is 1.48. The molecule has 3 rings (SSSR count). The molecular weight excluding hydrogens is 304 g/mol. The van der Waals surface area contributed by atoms with Crippen molar-refractivity contribution >= 4 is 5.91 Å². The van der Waals surface area contributed by atoms with Crippen LogP contribution in [-0.2, 0) is 6.54 Å². The van der Waals surface area contributed by atoms with Gasteiger partial charge in [0.05, 0.1) is 12.7 Å². The van der Waals surface area contributed by atoms with E-state index in [2.05, 4.69) is 10.3 Å². The van der Waals surface area contributed by atoms with Gasteiger partial charge >= 0.3 is 0 Å². The summed E-state index contributed by atoms with van der Waals surface area (Å²) in [4.78, 5) is 16.6. The Balaban J connectivity index is 1.60. The molecule has 2 aromatic rings. The number of pyridine rings is 1. The van der Waals surface area contributed by atoms with E-state index in [1.165, 1.54) is 12.8 Å². The van der Waals surface area contributed by atoms with Crippen LogP contribution in [0.1, 0.15) is 41.6 Å². The quantitative estimate of drug-likeness (QED) is 0.884. The Bertz CT molecular complexity index is 697. The highest BCUT2D eigenvalue weighted by atomic mass is 16.5. The molecule has 0 aliphatic heterocycles. The van der Waals surface area contributed by atoms with Crippen LogP contribution in [0.3, 0.4) is 0 Å². The predicted molar refractivity (Wildman–Crippen MR) is 91.3 cm³/mol. The zero-order chi connectivity index (χ0) is 16.8. The molecule has 1 aromatic carbocycles. The average molecular weight is 326 g/mol. The largest absolute Gasteiger partial charge is 0.496 e. The highest BCUT2D eigenvalue weighted by Gasteiger charge is 2.17. The molecule has 24 heavy (non-hydrogen) atoms. The number of carbonyl (C=O) groups is 1. The number of carbonyl (C=O) groups excluding carboxylic acids is 1. The minimum absolute atomic E-state index is 0.164. The van der Waals surface area contributed by atoms with E-state index in [1.54, 1.807) is 25.4 Å². The van der Waals surface area contributed by atoms with Gasteiger partial charge in [0.1, 0.15) is 11.9 Å². The van der Waals surface area contributed by atoms with Crippen LogP contribution in [0.5, 0.6) is 11.6 Å². The molecule has 1 aliphatic carbocycles. The van der Waals surface area contributed by atoms with Gasteiger partial charge in [-0.15, -0.1) is 0 Å². The third kappa shape index (κ3) is 4.04. The highest BCUT2D eigenvalue weighted by Crippen LogP contribution is 2.23. The highest BCUT2D eigenvalue weighted by molar-refractivity contribution is 5.96. The maximum atomic E-state index is 12.3. The number of methoxy groups -OCH3 is 1. The zero-order valence-corrected chi connectivity index (χ0v) is 13.8. The number of amides is 1. The molecule has 0 atom stereocenters. The zero-order valence-electron chi connectivity index (χ0n) is 13.8. The molecule has 1 fully saturated rings. The molecule has 5 heteroatoms. The van der Waals surface area contributed by atoms with Crippen LogP contribution in [0.4, 0.5) is 0 Å². The number of nitrogens with one attached hydrogen (secondary N) is 1. The fourth-order valence-corrected chi connectivity index (χ4v) is 2.91. The monoisotopic (exact) mass is 326 g/mol. The van der Waals surface area contributed by atoms with E-state index in [0.717, 1.165) is 18.4 Å². The smallest absolute Gasteiger partial charge is 0.255 e. The van der Waals surface area contributed by atoms with E-state index in [-0.39, 0.29) is 12.0 Å². The summed E-state index contributed by atoms with van der Waals surface area (Å²) in [7, 11) is 1.56. The predicted octanol–water partition coefficient (Wildman–Crippen LogP) is 3.34. The Morgan fingerprint density at radius 3 is 2.83 bits per heavy atom. The fraction of sp³-hybridized carbons (Fsp3) is 0.368. The Kier molecular flexibility index (Phi) is 5.31. The summed E-state index contributed by atoms with van der Waals surface area (Å²) in [6.45, 7) is 0.417. The first-order valence-electron chi connectivity index (χ1n) is 8.29. The molecule has 0 saturated heterocycles. The number of rotatable bonds is 6. The third-order valence-corrected chi connectivity index (χ3v) is 4.19. The molecule has 0 unspecified atom stereocenters. The first-order chi connectivity index (χ1) is 11.8. The standard InChI is InChI=1S/C19H22N2O3/c1-23-17-9-5-4-8-16(17)19(22)21-13-14-10-11-20-18(12-14)24-15-6-2-3-7-15/h4-5,8-12,15H,2-3,6-7,13H2,1H3,(H,21,22). The number of ether oxygens (including phenoxy) is 2. The van der Waals surface area contributed by atoms with E-state index in [9.17, 15) is 4.79 Å². The number of nitrogens with zero attached hydrogens (tertiary/aromatic N) is 1. The van der Waals surface area contributed by atoms with E-state index < -0.39 is 0 Å². The second-order valence-electron chi connectivity index (χ2n) is 5.91. The van der Waals surface area contributed by atoms with Crippen molar-refractivity contribution < 1.29 is 14.3 Å². The molecule has 0 spiro atoms. The molecule has 1 saturated carbocycles. The van der Waals surface area contributed by atoms with Crippen molar-refractivity contribution in [2.45, 2.75) is 38.3 Å². The number of para-hydroxylation sites is 1. The molecule has 1 aliphatic rings. The molecule has 1 aromatic heterocycles. The van der Waals surface area contributed by atoms with Gasteiger partial charge in [0.15, 0.2) is 0 Å². The molecular formula is C19H22N2O3. The normalized spacial score (nSPS) is 14.4. The number of benzene rings is 1. The van der Waals surface area contributed by atoms with E-state index in [1.807, 2.05) is 24.3 Å². The topological polar surface area (TPSA) is 60.5 Å². The summed E-state index contributed by atoms with van der Waals surface area (Å²) in [6.07, 6.45) is 6.62. The van der Waals surface area contributed by atoms with Gasteiger partial charge in [-0.25, -0.2) is 4.98 Å². The maximum absolute atomic E-state index is 12.3. The van der Waals surface area contributed by atoms with Gasteiger partial charge in [0.25, 0.3) is 5.91 Å². The molecule has 5 nitrogen and oxygen atoms in total. The lowest BCUT2D eigenvalue weighted by molar-refractivity contribution is 0.0947. The Morgan fingerprint density at radius 2 is 2.04 bits per heavy atom. The van der Waals surface area contributed by atoms with E-state index in [4.69, 9.17) is 9.47 Å². The van der Waals surface area contributed by atoms with Crippen LogP contribution in [0.2, 0.25) is 0 Å². The van der Waals surface area contributed by atoms with Crippen molar-refractivity contribution in [2.75, 3.05) is 7.11 Å². The van der Waals surface area contributed by atoms with Crippen LogP contribution < -0.4 is 14.8 Å². The van der Waals surface area contributed by atoms with Crippen LogP contribution >= 0.6 is 0 Å². The minimum atomic E-state index is -0.164. The van der Waals surface area contributed by atoms with Gasteiger partial charge in [0, 0.05) is 18.8 Å². The number of hydrogen-bond donors (Lipinski definition) is 1. The van der Waals surface area contributed by atoms with Crippen LogP contribution in [0.25, 0.3) is 0 Å². The van der Waals surface area contributed by atoms with Gasteiger partial charge in [-0.1, -0.05) is 12.1 Å². The second-order valence-corrected chi connectivity index (χ2v) is 5.91. The minimum Gasteiger partial charge on any atom is -0.496 e. The molecule has 1 amide bonds. The summed E-state index contributed by atoms with van der Waals surface area (Å²) in [5.74, 6) is 1.03. The molecule has 1 N–H and O–H groups in total. The van der Waals surface area contributed by atoms with E-state index in [0.29, 0.717) is 23.7 Å². The van der Waals surface area contributed by atoms with Gasteiger partial charge in [0.2, 0.25) is 5.88 Å². The Labute approximate surface area is 142 Å². The Hall–Kier alpha value is -2.56. The summed E-state index contributed by atoms with van der Waals surface area (Å²) < 4.78 is 11.1.